The maximum absolute atomic E-state index is 13.2. The van der Waals surface area contributed by atoms with E-state index >= 15 is 0 Å². The Kier molecular flexibility index (Phi) is 8.93. The molecule has 35 heavy (non-hydrogen) atoms. The Labute approximate surface area is 207 Å². The number of rotatable bonds is 11. The highest BCUT2D eigenvalue weighted by Crippen LogP contribution is 2.40. The summed E-state index contributed by atoms with van der Waals surface area (Å²) in [6, 6.07) is 13.6. The van der Waals surface area contributed by atoms with Gasteiger partial charge in [0.15, 0.2) is 0 Å². The van der Waals surface area contributed by atoms with Crippen LogP contribution in [0.2, 0.25) is 0 Å². The molecule has 2 aromatic rings. The minimum atomic E-state index is -0.676. The number of aliphatic hydroxyl groups is 1. The number of carbonyl (C=O) groups excluding carboxylic acids is 2. The molecule has 1 atom stereocenters. The molecule has 0 bridgehead atoms. The molecular formula is C28H36N2O5. The number of carbonyl (C=O) groups is 2. The van der Waals surface area contributed by atoms with Crippen molar-refractivity contribution in [2.24, 2.45) is 5.92 Å². The minimum absolute atomic E-state index is 0.0971. The number of likely N-dealkylation sites (tertiary alicyclic amines) is 1. The highest BCUT2D eigenvalue weighted by molar-refractivity contribution is 6.46. The molecule has 1 amide bonds. The molecule has 0 saturated carbocycles. The number of amides is 1. The SMILES string of the molecule is CCOc1ccc([C@@H]2/C(=C(\O)c3ccc(OCC(C)C)cc3)C(=O)C(=O)N2CCCN(C)C)cc1. The molecular weight excluding hydrogens is 444 g/mol. The first-order valence-corrected chi connectivity index (χ1v) is 12.1. The monoisotopic (exact) mass is 480 g/mol. The standard InChI is InChI=1S/C28H36N2O5/c1-6-34-22-12-8-20(9-13-22)25-24(27(32)28(33)30(25)17-7-16-29(4)5)26(31)21-10-14-23(15-11-21)35-18-19(2)3/h8-15,19,25,31H,6-7,16-18H2,1-5H3/b26-24+/t25-/m1/s1. The van der Waals surface area contributed by atoms with E-state index in [1.165, 1.54) is 0 Å². The summed E-state index contributed by atoms with van der Waals surface area (Å²) in [4.78, 5) is 29.8. The van der Waals surface area contributed by atoms with Crippen molar-refractivity contribution >= 4 is 17.4 Å². The molecule has 2 aromatic carbocycles. The van der Waals surface area contributed by atoms with Gasteiger partial charge in [-0.15, -0.1) is 0 Å². The summed E-state index contributed by atoms with van der Waals surface area (Å²) < 4.78 is 11.3. The van der Waals surface area contributed by atoms with Gasteiger partial charge in [-0.1, -0.05) is 26.0 Å². The largest absolute Gasteiger partial charge is 0.507 e. The Morgan fingerprint density at radius 3 is 2.17 bits per heavy atom. The highest BCUT2D eigenvalue weighted by Gasteiger charge is 2.45. The second kappa shape index (κ2) is 11.9. The number of nitrogens with zero attached hydrogens (tertiary/aromatic N) is 2. The van der Waals surface area contributed by atoms with Gasteiger partial charge in [-0.25, -0.2) is 0 Å². The quantitative estimate of drug-likeness (QED) is 0.290. The lowest BCUT2D eigenvalue weighted by Crippen LogP contribution is -2.32. The highest BCUT2D eigenvalue weighted by atomic mass is 16.5. The van der Waals surface area contributed by atoms with Gasteiger partial charge in [0.2, 0.25) is 0 Å². The summed E-state index contributed by atoms with van der Waals surface area (Å²) in [5.74, 6) is 0.320. The fourth-order valence-electron chi connectivity index (χ4n) is 4.05. The number of ketones is 1. The predicted octanol–water partition coefficient (Wildman–Crippen LogP) is 4.49. The van der Waals surface area contributed by atoms with Crippen LogP contribution >= 0.6 is 0 Å². The molecule has 0 aliphatic carbocycles. The van der Waals surface area contributed by atoms with Crippen molar-refractivity contribution in [1.29, 1.82) is 0 Å². The van der Waals surface area contributed by atoms with Crippen LogP contribution in [0, 0.1) is 5.92 Å². The fourth-order valence-corrected chi connectivity index (χ4v) is 4.05. The minimum Gasteiger partial charge on any atom is -0.507 e. The van der Waals surface area contributed by atoms with Crippen molar-refractivity contribution in [3.05, 3.63) is 65.2 Å². The molecule has 1 aliphatic heterocycles. The number of hydrogen-bond donors (Lipinski definition) is 1. The lowest BCUT2D eigenvalue weighted by Gasteiger charge is -2.26. The van der Waals surface area contributed by atoms with Crippen LogP contribution in [0.25, 0.3) is 5.76 Å². The van der Waals surface area contributed by atoms with Gasteiger partial charge in [0.1, 0.15) is 17.3 Å². The van der Waals surface area contributed by atoms with E-state index in [1.807, 2.05) is 50.2 Å². The van der Waals surface area contributed by atoms with Crippen LogP contribution < -0.4 is 9.47 Å². The zero-order chi connectivity index (χ0) is 25.5. The van der Waals surface area contributed by atoms with Crippen molar-refractivity contribution < 1.29 is 24.2 Å². The topological polar surface area (TPSA) is 79.3 Å². The van der Waals surface area contributed by atoms with Gasteiger partial charge in [0.05, 0.1) is 24.8 Å². The predicted molar refractivity (Wildman–Crippen MR) is 137 cm³/mol. The van der Waals surface area contributed by atoms with Gasteiger partial charge < -0.3 is 24.4 Å². The summed E-state index contributed by atoms with van der Waals surface area (Å²) in [6.45, 7) is 8.35. The number of benzene rings is 2. The maximum atomic E-state index is 13.2. The Morgan fingerprint density at radius 2 is 1.60 bits per heavy atom. The molecule has 1 N–H and O–H groups in total. The Bertz CT molecular complexity index is 1040. The zero-order valence-corrected chi connectivity index (χ0v) is 21.3. The Morgan fingerprint density at radius 1 is 1.00 bits per heavy atom. The van der Waals surface area contributed by atoms with Crippen LogP contribution in [0.1, 0.15) is 44.4 Å². The summed E-state index contributed by atoms with van der Waals surface area (Å²) in [5.41, 5.74) is 1.31. The first-order chi connectivity index (χ1) is 16.7. The number of hydrogen-bond acceptors (Lipinski definition) is 6. The third kappa shape index (κ3) is 6.42. The van der Waals surface area contributed by atoms with Gasteiger partial charge in [-0.05, 0) is 81.9 Å². The van der Waals surface area contributed by atoms with Crippen LogP contribution in [0.5, 0.6) is 11.5 Å². The van der Waals surface area contributed by atoms with Crippen LogP contribution in [-0.2, 0) is 9.59 Å². The molecule has 1 heterocycles. The molecule has 7 heteroatoms. The molecule has 1 fully saturated rings. The normalized spacial score (nSPS) is 17.5. The third-order valence-corrected chi connectivity index (χ3v) is 5.76. The second-order valence-electron chi connectivity index (χ2n) is 9.38. The van der Waals surface area contributed by atoms with Crippen molar-refractivity contribution in [1.82, 2.24) is 9.80 Å². The van der Waals surface area contributed by atoms with E-state index in [2.05, 4.69) is 13.8 Å². The van der Waals surface area contributed by atoms with Crippen molar-refractivity contribution in [3.8, 4) is 11.5 Å². The third-order valence-electron chi connectivity index (χ3n) is 5.76. The lowest BCUT2D eigenvalue weighted by molar-refractivity contribution is -0.139. The number of aliphatic hydroxyl groups excluding tert-OH is 1. The fraction of sp³-hybridized carbons (Fsp3) is 0.429. The van der Waals surface area contributed by atoms with Crippen molar-refractivity contribution in [2.45, 2.75) is 33.2 Å². The van der Waals surface area contributed by atoms with E-state index in [0.29, 0.717) is 49.2 Å². The molecule has 1 aliphatic rings. The summed E-state index contributed by atoms with van der Waals surface area (Å²) in [5, 5.41) is 11.2. The second-order valence-corrected chi connectivity index (χ2v) is 9.38. The number of Topliss-reactive ketones (excluding diaryl/α,β-unsaturated/α-hetero) is 1. The van der Waals surface area contributed by atoms with E-state index in [9.17, 15) is 14.7 Å². The molecule has 0 unspecified atom stereocenters. The zero-order valence-electron chi connectivity index (χ0n) is 21.3. The number of ether oxygens (including phenoxy) is 2. The Balaban J connectivity index is 1.99. The summed E-state index contributed by atoms with van der Waals surface area (Å²) in [6.07, 6.45) is 0.704. The van der Waals surface area contributed by atoms with E-state index in [1.54, 1.807) is 29.2 Å². The van der Waals surface area contributed by atoms with Crippen molar-refractivity contribution in [3.63, 3.8) is 0 Å². The first kappa shape index (κ1) is 26.3. The lowest BCUT2D eigenvalue weighted by atomic mass is 9.95. The molecule has 188 valence electrons. The molecule has 7 nitrogen and oxygen atoms in total. The van der Waals surface area contributed by atoms with E-state index in [-0.39, 0.29) is 11.3 Å². The van der Waals surface area contributed by atoms with Crippen LogP contribution in [0.4, 0.5) is 0 Å². The van der Waals surface area contributed by atoms with Crippen LogP contribution in [0.15, 0.2) is 54.1 Å². The van der Waals surface area contributed by atoms with Crippen LogP contribution in [0.3, 0.4) is 0 Å². The van der Waals surface area contributed by atoms with Gasteiger partial charge in [-0.3, -0.25) is 9.59 Å². The average molecular weight is 481 g/mol. The molecule has 0 aromatic heterocycles. The van der Waals surface area contributed by atoms with Gasteiger partial charge in [-0.2, -0.15) is 0 Å². The smallest absolute Gasteiger partial charge is 0.295 e. The molecule has 3 rings (SSSR count). The first-order valence-electron chi connectivity index (χ1n) is 12.1. The summed E-state index contributed by atoms with van der Waals surface area (Å²) in [7, 11) is 3.93. The molecule has 0 spiro atoms. The van der Waals surface area contributed by atoms with E-state index in [0.717, 1.165) is 12.1 Å². The maximum Gasteiger partial charge on any atom is 0.295 e. The van der Waals surface area contributed by atoms with Crippen LogP contribution in [-0.4, -0.2) is 67.0 Å². The van der Waals surface area contributed by atoms with E-state index < -0.39 is 17.7 Å². The van der Waals surface area contributed by atoms with Gasteiger partial charge in [0.25, 0.3) is 11.7 Å². The van der Waals surface area contributed by atoms with Gasteiger partial charge in [0, 0.05) is 12.1 Å². The van der Waals surface area contributed by atoms with Crippen molar-refractivity contribution in [2.75, 3.05) is 40.4 Å². The van der Waals surface area contributed by atoms with E-state index in [4.69, 9.17) is 9.47 Å². The van der Waals surface area contributed by atoms with Gasteiger partial charge >= 0.3 is 0 Å². The summed E-state index contributed by atoms with van der Waals surface area (Å²) >= 11 is 0. The Hall–Kier alpha value is -3.32. The molecule has 1 saturated heterocycles. The average Bonchev–Trinajstić information content (AvgIpc) is 3.08. The molecule has 0 radical (unpaired) electrons.